The van der Waals surface area contributed by atoms with Crippen LogP contribution in [0.2, 0.25) is 0 Å². The van der Waals surface area contributed by atoms with Gasteiger partial charge in [0, 0.05) is 27.5 Å². The van der Waals surface area contributed by atoms with E-state index in [0.717, 1.165) is 20.7 Å². The Hall–Kier alpha value is -0.660. The molecule has 0 saturated carbocycles. The molecule has 1 aromatic carbocycles. The van der Waals surface area contributed by atoms with E-state index in [1.54, 1.807) is 11.3 Å². The first-order valence-electron chi connectivity index (χ1n) is 6.59. The number of amides is 1. The molecule has 1 amide bonds. The van der Waals surface area contributed by atoms with Gasteiger partial charge in [0.2, 0.25) is 5.91 Å². The molecule has 0 saturated heterocycles. The maximum Gasteiger partial charge on any atom is 0.226 e. The monoisotopic (exact) mass is 439 g/mol. The molecule has 2 aromatic rings. The average molecular weight is 441 g/mol. The minimum Gasteiger partial charge on any atom is -0.354 e. The maximum atomic E-state index is 11.8. The number of rotatable bonds is 5. The highest BCUT2D eigenvalue weighted by atomic mass is 79.9. The summed E-state index contributed by atoms with van der Waals surface area (Å²) in [6.45, 7) is 4.21. The first-order valence-corrected chi connectivity index (χ1v) is 8.27. The highest BCUT2D eigenvalue weighted by Crippen LogP contribution is 2.26. The predicted octanol–water partition coefficient (Wildman–Crippen LogP) is 3.81. The second-order valence-corrected chi connectivity index (χ2v) is 7.37. The number of hydrogen-bond acceptors (Lipinski definition) is 4. The van der Waals surface area contributed by atoms with Crippen LogP contribution in [0.15, 0.2) is 34.1 Å². The molecule has 0 spiro atoms. The Morgan fingerprint density at radius 1 is 1.39 bits per heavy atom. The summed E-state index contributed by atoms with van der Waals surface area (Å²) in [7, 11) is 0. The van der Waals surface area contributed by atoms with Crippen LogP contribution >= 0.6 is 52.1 Å². The lowest BCUT2D eigenvalue weighted by Gasteiger charge is -2.18. The summed E-state index contributed by atoms with van der Waals surface area (Å²) in [5.41, 5.74) is 7.26. The summed E-state index contributed by atoms with van der Waals surface area (Å²) >= 11 is 4.99. The molecule has 0 aliphatic carbocycles. The van der Waals surface area contributed by atoms with Crippen molar-refractivity contribution in [3.63, 3.8) is 0 Å². The normalized spacial score (nSPS) is 10.4. The number of nitrogens with zero attached hydrogens (tertiary/aromatic N) is 1. The van der Waals surface area contributed by atoms with Gasteiger partial charge in [-0.1, -0.05) is 28.1 Å². The van der Waals surface area contributed by atoms with Crippen molar-refractivity contribution >= 4 is 58.0 Å². The molecule has 0 aliphatic heterocycles. The molecule has 128 valence electrons. The van der Waals surface area contributed by atoms with Gasteiger partial charge < -0.3 is 11.1 Å². The van der Waals surface area contributed by atoms with Crippen molar-refractivity contribution in [2.45, 2.75) is 25.8 Å². The number of aromatic nitrogens is 1. The number of benzene rings is 1. The van der Waals surface area contributed by atoms with E-state index in [-0.39, 0.29) is 37.1 Å². The second-order valence-electron chi connectivity index (χ2n) is 5.60. The molecule has 23 heavy (non-hydrogen) atoms. The molecule has 0 atom stereocenters. The van der Waals surface area contributed by atoms with E-state index in [0.29, 0.717) is 6.54 Å². The van der Waals surface area contributed by atoms with Crippen LogP contribution in [0.5, 0.6) is 0 Å². The Kier molecular flexibility index (Phi) is 9.32. The quantitative estimate of drug-likeness (QED) is 0.742. The Morgan fingerprint density at radius 3 is 2.70 bits per heavy atom. The van der Waals surface area contributed by atoms with Crippen LogP contribution in [0.1, 0.15) is 19.5 Å². The molecule has 0 bridgehead atoms. The first-order chi connectivity index (χ1) is 9.83. The maximum absolute atomic E-state index is 11.8. The molecule has 2 rings (SSSR count). The minimum atomic E-state index is -0.404. The summed E-state index contributed by atoms with van der Waals surface area (Å²) in [5, 5.41) is 5.66. The lowest BCUT2D eigenvalue weighted by molar-refractivity contribution is -0.120. The number of carbonyl (C=O) groups is 1. The lowest BCUT2D eigenvalue weighted by Crippen LogP contribution is -2.45. The highest BCUT2D eigenvalue weighted by molar-refractivity contribution is 9.10. The van der Waals surface area contributed by atoms with Crippen molar-refractivity contribution in [2.75, 3.05) is 6.54 Å². The smallest absolute Gasteiger partial charge is 0.226 e. The fraction of sp³-hybridized carbons (Fsp3) is 0.333. The zero-order valence-corrected chi connectivity index (χ0v) is 16.9. The van der Waals surface area contributed by atoms with Crippen molar-refractivity contribution in [3.8, 4) is 10.6 Å². The molecule has 4 nitrogen and oxygen atoms in total. The van der Waals surface area contributed by atoms with E-state index >= 15 is 0 Å². The third-order valence-electron chi connectivity index (χ3n) is 2.71. The molecule has 0 radical (unpaired) electrons. The molecule has 1 aromatic heterocycles. The van der Waals surface area contributed by atoms with E-state index in [4.69, 9.17) is 5.73 Å². The number of nitrogens with one attached hydrogen (secondary N) is 1. The average Bonchev–Trinajstić information content (AvgIpc) is 2.84. The molecular formula is C15H20BrCl2N3OS. The van der Waals surface area contributed by atoms with Gasteiger partial charge in [-0.3, -0.25) is 4.79 Å². The topological polar surface area (TPSA) is 68.0 Å². The Labute approximate surface area is 161 Å². The number of hydrogen-bond donors (Lipinski definition) is 2. The van der Waals surface area contributed by atoms with Gasteiger partial charge in [-0.15, -0.1) is 36.2 Å². The van der Waals surface area contributed by atoms with Crippen LogP contribution in [0, 0.1) is 0 Å². The Morgan fingerprint density at radius 2 is 2.09 bits per heavy atom. The van der Waals surface area contributed by atoms with Gasteiger partial charge in [0.15, 0.2) is 0 Å². The lowest BCUT2D eigenvalue weighted by atomic mass is 10.1. The Balaban J connectivity index is 0.00000242. The Bertz CT molecular complexity index is 644. The zero-order chi connectivity index (χ0) is 15.5. The molecule has 0 fully saturated rings. The van der Waals surface area contributed by atoms with Crippen LogP contribution in [-0.2, 0) is 11.2 Å². The number of carbonyl (C=O) groups excluding carboxylic acids is 1. The van der Waals surface area contributed by atoms with Crippen molar-refractivity contribution in [1.29, 1.82) is 0 Å². The van der Waals surface area contributed by atoms with Crippen LogP contribution in [0.3, 0.4) is 0 Å². The first kappa shape index (κ1) is 22.3. The molecule has 3 N–H and O–H groups in total. The number of nitrogens with two attached hydrogens (primary N) is 1. The minimum absolute atomic E-state index is 0. The molecule has 1 heterocycles. The predicted molar refractivity (Wildman–Crippen MR) is 105 cm³/mol. The van der Waals surface area contributed by atoms with E-state index in [9.17, 15) is 4.79 Å². The fourth-order valence-electron chi connectivity index (χ4n) is 1.70. The van der Waals surface area contributed by atoms with Gasteiger partial charge in [-0.2, -0.15) is 0 Å². The summed E-state index contributed by atoms with van der Waals surface area (Å²) in [6.07, 6.45) is 0.278. The highest BCUT2D eigenvalue weighted by Gasteiger charge is 2.14. The van der Waals surface area contributed by atoms with E-state index in [1.807, 2.05) is 43.5 Å². The summed E-state index contributed by atoms with van der Waals surface area (Å²) in [5.74, 6) is -0.0559. The van der Waals surface area contributed by atoms with Gasteiger partial charge in [-0.05, 0) is 26.0 Å². The van der Waals surface area contributed by atoms with Crippen molar-refractivity contribution < 1.29 is 4.79 Å². The number of halogens is 3. The van der Waals surface area contributed by atoms with E-state index < -0.39 is 5.54 Å². The zero-order valence-electron chi connectivity index (χ0n) is 12.8. The largest absolute Gasteiger partial charge is 0.354 e. The van der Waals surface area contributed by atoms with Crippen LogP contribution in [0.4, 0.5) is 0 Å². The van der Waals surface area contributed by atoms with Crippen LogP contribution < -0.4 is 11.1 Å². The summed E-state index contributed by atoms with van der Waals surface area (Å²) < 4.78 is 1.01. The standard InChI is InChI=1S/C15H18BrN3OS.2ClH/c1-15(2,17)9-18-13(20)7-12-8-21-14(19-12)10-4-3-5-11(16)6-10;;/h3-6,8H,7,9,17H2,1-2H3,(H,18,20);2*1H. The van der Waals surface area contributed by atoms with Gasteiger partial charge in [-0.25, -0.2) is 4.98 Å². The molecule has 0 aliphatic rings. The molecule has 8 heteroatoms. The third kappa shape index (κ3) is 7.63. The fourth-order valence-corrected chi connectivity index (χ4v) is 2.91. The molecular weight excluding hydrogens is 421 g/mol. The molecule has 0 unspecified atom stereocenters. The van der Waals surface area contributed by atoms with Gasteiger partial charge in [0.25, 0.3) is 0 Å². The van der Waals surface area contributed by atoms with E-state index in [2.05, 4.69) is 26.2 Å². The van der Waals surface area contributed by atoms with Crippen LogP contribution in [-0.4, -0.2) is 23.0 Å². The van der Waals surface area contributed by atoms with Gasteiger partial charge >= 0.3 is 0 Å². The van der Waals surface area contributed by atoms with Crippen molar-refractivity contribution in [1.82, 2.24) is 10.3 Å². The van der Waals surface area contributed by atoms with Gasteiger partial charge in [0.05, 0.1) is 12.1 Å². The SMILES string of the molecule is CC(C)(N)CNC(=O)Cc1csc(-c2cccc(Br)c2)n1.Cl.Cl. The van der Waals surface area contributed by atoms with Crippen LogP contribution in [0.25, 0.3) is 10.6 Å². The van der Waals surface area contributed by atoms with Crippen molar-refractivity contribution in [2.24, 2.45) is 5.73 Å². The third-order valence-corrected chi connectivity index (χ3v) is 4.14. The summed E-state index contributed by atoms with van der Waals surface area (Å²) in [6, 6.07) is 7.96. The second kappa shape index (κ2) is 9.59. The number of thiazole rings is 1. The van der Waals surface area contributed by atoms with Crippen molar-refractivity contribution in [3.05, 3.63) is 39.8 Å². The van der Waals surface area contributed by atoms with Gasteiger partial charge in [0.1, 0.15) is 5.01 Å². The van der Waals surface area contributed by atoms with E-state index in [1.165, 1.54) is 0 Å². The summed E-state index contributed by atoms with van der Waals surface area (Å²) in [4.78, 5) is 16.4.